The van der Waals surface area contributed by atoms with Crippen molar-refractivity contribution >= 4 is 44.8 Å². The average Bonchev–Trinajstić information content (AvgIpc) is 2.29. The number of halogens is 1. The van der Waals surface area contributed by atoms with Gasteiger partial charge in [0.05, 0.1) is 0 Å². The SMILES string of the molecule is O=Cc1sc(NC(=O)O)nc1Br. The molecular weight excluding hydrogens is 248 g/mol. The van der Waals surface area contributed by atoms with Crippen LogP contribution >= 0.6 is 27.3 Å². The molecule has 5 nitrogen and oxygen atoms in total. The highest BCUT2D eigenvalue weighted by Gasteiger charge is 2.08. The largest absolute Gasteiger partial charge is 0.465 e. The van der Waals surface area contributed by atoms with E-state index in [9.17, 15) is 9.59 Å². The number of hydrogen-bond donors (Lipinski definition) is 2. The lowest BCUT2D eigenvalue weighted by Crippen LogP contribution is -2.06. The van der Waals surface area contributed by atoms with Gasteiger partial charge >= 0.3 is 6.09 Å². The number of aldehydes is 1. The molecule has 1 heterocycles. The minimum absolute atomic E-state index is 0.177. The predicted molar refractivity (Wildman–Crippen MR) is 46.8 cm³/mol. The molecule has 2 N–H and O–H groups in total. The van der Waals surface area contributed by atoms with Gasteiger partial charge in [0.2, 0.25) is 0 Å². The Kier molecular flexibility index (Phi) is 2.77. The molecule has 7 heteroatoms. The second-order valence-electron chi connectivity index (χ2n) is 1.72. The molecule has 0 saturated heterocycles. The van der Waals surface area contributed by atoms with Crippen LogP contribution in [-0.4, -0.2) is 22.5 Å². The number of aromatic nitrogens is 1. The summed E-state index contributed by atoms with van der Waals surface area (Å²) >= 11 is 3.97. The number of anilines is 1. The molecule has 0 spiro atoms. The summed E-state index contributed by atoms with van der Waals surface area (Å²) in [5.41, 5.74) is 0. The number of carbonyl (C=O) groups is 2. The van der Waals surface area contributed by atoms with Crippen molar-refractivity contribution in [1.29, 1.82) is 0 Å². The van der Waals surface area contributed by atoms with Crippen LogP contribution in [0.25, 0.3) is 0 Å². The van der Waals surface area contributed by atoms with E-state index in [2.05, 4.69) is 20.9 Å². The van der Waals surface area contributed by atoms with Gasteiger partial charge in [-0.25, -0.2) is 9.78 Å². The Morgan fingerprint density at radius 1 is 1.75 bits per heavy atom. The molecule has 1 amide bonds. The van der Waals surface area contributed by atoms with E-state index in [1.165, 1.54) is 0 Å². The number of nitrogens with one attached hydrogen (secondary N) is 1. The zero-order valence-electron chi connectivity index (χ0n) is 5.57. The maximum atomic E-state index is 10.3. The Hall–Kier alpha value is -0.950. The van der Waals surface area contributed by atoms with Crippen LogP contribution in [0.3, 0.4) is 0 Å². The number of hydrogen-bond acceptors (Lipinski definition) is 4. The molecule has 0 fully saturated rings. The summed E-state index contributed by atoms with van der Waals surface area (Å²) in [6.07, 6.45) is -0.594. The molecule has 64 valence electrons. The van der Waals surface area contributed by atoms with Crippen molar-refractivity contribution in [2.24, 2.45) is 0 Å². The number of carboxylic acid groups (broad SMARTS) is 1. The second-order valence-corrected chi connectivity index (χ2v) is 3.50. The van der Waals surface area contributed by atoms with E-state index in [0.717, 1.165) is 11.3 Å². The molecule has 12 heavy (non-hydrogen) atoms. The summed E-state index contributed by atoms with van der Waals surface area (Å²) in [7, 11) is 0. The summed E-state index contributed by atoms with van der Waals surface area (Å²) in [6, 6.07) is 0. The minimum atomic E-state index is -1.20. The van der Waals surface area contributed by atoms with Crippen molar-refractivity contribution < 1.29 is 14.7 Å². The first kappa shape index (κ1) is 9.14. The van der Waals surface area contributed by atoms with Crippen LogP contribution in [0.15, 0.2) is 4.60 Å². The number of nitrogens with zero attached hydrogens (tertiary/aromatic N) is 1. The zero-order chi connectivity index (χ0) is 9.14. The van der Waals surface area contributed by atoms with Gasteiger partial charge in [-0.3, -0.25) is 10.1 Å². The smallest absolute Gasteiger partial charge is 0.410 e. The van der Waals surface area contributed by atoms with E-state index in [-0.39, 0.29) is 5.13 Å². The molecule has 0 aromatic carbocycles. The van der Waals surface area contributed by atoms with E-state index in [1.807, 2.05) is 5.32 Å². The van der Waals surface area contributed by atoms with Crippen molar-refractivity contribution in [2.75, 3.05) is 5.32 Å². The minimum Gasteiger partial charge on any atom is -0.465 e. The van der Waals surface area contributed by atoms with E-state index in [1.54, 1.807) is 0 Å². The highest BCUT2D eigenvalue weighted by molar-refractivity contribution is 9.10. The van der Waals surface area contributed by atoms with E-state index < -0.39 is 6.09 Å². The summed E-state index contributed by atoms with van der Waals surface area (Å²) in [4.78, 5) is 24.5. The highest BCUT2D eigenvalue weighted by atomic mass is 79.9. The van der Waals surface area contributed by atoms with Crippen LogP contribution < -0.4 is 5.32 Å². The molecule has 0 radical (unpaired) electrons. The number of rotatable bonds is 2. The van der Waals surface area contributed by atoms with Gasteiger partial charge < -0.3 is 5.11 Å². The van der Waals surface area contributed by atoms with Crippen LogP contribution in [-0.2, 0) is 0 Å². The maximum Gasteiger partial charge on any atom is 0.410 e. The van der Waals surface area contributed by atoms with Crippen LogP contribution in [0, 0.1) is 0 Å². The molecule has 0 saturated carbocycles. The molecule has 1 aromatic rings. The van der Waals surface area contributed by atoms with Gasteiger partial charge in [0, 0.05) is 0 Å². The van der Waals surface area contributed by atoms with Crippen LogP contribution in [0.4, 0.5) is 9.93 Å². The molecule has 1 rings (SSSR count). The molecule has 0 atom stereocenters. The van der Waals surface area contributed by atoms with E-state index in [4.69, 9.17) is 5.11 Å². The van der Waals surface area contributed by atoms with Crippen molar-refractivity contribution in [3.8, 4) is 0 Å². The van der Waals surface area contributed by atoms with Crippen LogP contribution in [0.2, 0.25) is 0 Å². The zero-order valence-corrected chi connectivity index (χ0v) is 7.98. The van der Waals surface area contributed by atoms with Crippen molar-refractivity contribution in [2.45, 2.75) is 0 Å². The number of amides is 1. The van der Waals surface area contributed by atoms with Crippen LogP contribution in [0.5, 0.6) is 0 Å². The van der Waals surface area contributed by atoms with Crippen molar-refractivity contribution in [3.63, 3.8) is 0 Å². The van der Waals surface area contributed by atoms with Gasteiger partial charge in [0.15, 0.2) is 11.4 Å². The first-order valence-corrected chi connectivity index (χ1v) is 4.36. The molecular formula is C5H3BrN2O3S. The Morgan fingerprint density at radius 2 is 2.42 bits per heavy atom. The fourth-order valence-electron chi connectivity index (χ4n) is 0.531. The summed E-state index contributed by atoms with van der Waals surface area (Å²) in [6.45, 7) is 0. The Balaban J connectivity index is 2.89. The Labute approximate surface area is 79.6 Å². The quantitative estimate of drug-likeness (QED) is 0.785. The Bertz CT molecular complexity index is 324. The van der Waals surface area contributed by atoms with Crippen molar-refractivity contribution in [3.05, 3.63) is 9.48 Å². The first-order chi connectivity index (χ1) is 5.63. The highest BCUT2D eigenvalue weighted by Crippen LogP contribution is 2.25. The molecule has 0 bridgehead atoms. The number of carbonyl (C=O) groups excluding carboxylic acids is 1. The standard InChI is InChI=1S/C5H3BrN2O3S/c6-3-2(1-9)12-4(7-3)8-5(10)11/h1H,(H,7,8)(H,10,11). The van der Waals surface area contributed by atoms with E-state index >= 15 is 0 Å². The number of thiazole rings is 1. The molecule has 0 aliphatic carbocycles. The van der Waals surface area contributed by atoms with Gasteiger partial charge in [-0.2, -0.15) is 0 Å². The van der Waals surface area contributed by atoms with Gasteiger partial charge in [0.1, 0.15) is 9.48 Å². The third kappa shape index (κ3) is 2.02. The summed E-state index contributed by atoms with van der Waals surface area (Å²) in [5, 5.41) is 10.5. The normalized spacial score (nSPS) is 9.42. The second kappa shape index (κ2) is 3.63. The van der Waals surface area contributed by atoms with Gasteiger partial charge in [-0.1, -0.05) is 11.3 Å². The third-order valence-electron chi connectivity index (χ3n) is 0.931. The van der Waals surface area contributed by atoms with Crippen LogP contribution in [0.1, 0.15) is 9.67 Å². The molecule has 0 unspecified atom stereocenters. The lowest BCUT2D eigenvalue weighted by Gasteiger charge is -1.89. The first-order valence-electron chi connectivity index (χ1n) is 2.75. The Morgan fingerprint density at radius 3 is 2.83 bits per heavy atom. The van der Waals surface area contributed by atoms with Gasteiger partial charge in [0.25, 0.3) is 0 Å². The lowest BCUT2D eigenvalue weighted by atomic mass is 10.6. The fraction of sp³-hybridized carbons (Fsp3) is 0. The van der Waals surface area contributed by atoms with E-state index in [0.29, 0.717) is 15.8 Å². The molecule has 0 aliphatic rings. The van der Waals surface area contributed by atoms with Gasteiger partial charge in [-0.15, -0.1) is 0 Å². The maximum absolute atomic E-state index is 10.3. The monoisotopic (exact) mass is 250 g/mol. The molecule has 1 aromatic heterocycles. The topological polar surface area (TPSA) is 79.3 Å². The third-order valence-corrected chi connectivity index (χ3v) is 2.69. The lowest BCUT2D eigenvalue weighted by molar-refractivity contribution is 0.112. The molecule has 0 aliphatic heterocycles. The summed E-state index contributed by atoms with van der Waals surface area (Å²) < 4.78 is 0.353. The van der Waals surface area contributed by atoms with Crippen molar-refractivity contribution in [1.82, 2.24) is 4.98 Å². The average molecular weight is 251 g/mol. The van der Waals surface area contributed by atoms with Gasteiger partial charge in [-0.05, 0) is 15.9 Å². The predicted octanol–water partition coefficient (Wildman–Crippen LogP) is 1.81. The summed E-state index contributed by atoms with van der Waals surface area (Å²) in [5.74, 6) is 0. The fourth-order valence-corrected chi connectivity index (χ4v) is 1.82.